The number of non-ortho nitro benzene ring substituents is 1. The van der Waals surface area contributed by atoms with Crippen molar-refractivity contribution < 1.29 is 14.6 Å². The van der Waals surface area contributed by atoms with Crippen LogP contribution in [0.5, 0.6) is 0 Å². The first-order valence-electron chi connectivity index (χ1n) is 8.94. The number of benzene rings is 2. The maximum absolute atomic E-state index is 12.3. The SMILES string of the molecule is Cc1cc(NC(=O)CCNc2ccccc2[N+](=O)[O-])n(-c2ccc([N+](=O)[O-])cc2)n1. The van der Waals surface area contributed by atoms with Gasteiger partial charge in [0, 0.05) is 37.2 Å². The van der Waals surface area contributed by atoms with Crippen molar-refractivity contribution >= 4 is 28.8 Å². The van der Waals surface area contributed by atoms with Gasteiger partial charge in [-0.3, -0.25) is 25.0 Å². The third kappa shape index (κ3) is 4.76. The largest absolute Gasteiger partial charge is 0.379 e. The first kappa shape index (κ1) is 20.5. The number of anilines is 2. The van der Waals surface area contributed by atoms with Crippen LogP contribution in [0.4, 0.5) is 22.9 Å². The van der Waals surface area contributed by atoms with Gasteiger partial charge in [-0.1, -0.05) is 12.1 Å². The number of aryl methyl sites for hydroxylation is 1. The Morgan fingerprint density at radius 2 is 1.77 bits per heavy atom. The lowest BCUT2D eigenvalue weighted by Gasteiger charge is -2.10. The van der Waals surface area contributed by atoms with Crippen LogP contribution in [0.2, 0.25) is 0 Å². The Morgan fingerprint density at radius 1 is 1.07 bits per heavy atom. The third-order valence-electron chi connectivity index (χ3n) is 4.17. The van der Waals surface area contributed by atoms with Crippen molar-refractivity contribution in [1.82, 2.24) is 9.78 Å². The third-order valence-corrected chi connectivity index (χ3v) is 4.17. The molecule has 1 amide bonds. The lowest BCUT2D eigenvalue weighted by molar-refractivity contribution is -0.384. The molecular weight excluding hydrogens is 392 g/mol. The summed E-state index contributed by atoms with van der Waals surface area (Å²) in [7, 11) is 0. The molecule has 0 radical (unpaired) electrons. The number of nitrogens with one attached hydrogen (secondary N) is 2. The molecule has 3 rings (SSSR count). The molecule has 0 unspecified atom stereocenters. The van der Waals surface area contributed by atoms with E-state index in [0.717, 1.165) is 0 Å². The second-order valence-corrected chi connectivity index (χ2v) is 6.36. The zero-order valence-electron chi connectivity index (χ0n) is 15.9. The van der Waals surface area contributed by atoms with Crippen molar-refractivity contribution in [2.45, 2.75) is 13.3 Å². The molecule has 3 aromatic rings. The summed E-state index contributed by atoms with van der Waals surface area (Å²) in [6.45, 7) is 1.95. The fourth-order valence-corrected chi connectivity index (χ4v) is 2.80. The minimum atomic E-state index is -0.495. The van der Waals surface area contributed by atoms with Crippen LogP contribution in [0, 0.1) is 27.2 Å². The highest BCUT2D eigenvalue weighted by molar-refractivity contribution is 5.90. The van der Waals surface area contributed by atoms with Crippen LogP contribution in [0.3, 0.4) is 0 Å². The van der Waals surface area contributed by atoms with Crippen molar-refractivity contribution in [3.05, 3.63) is 80.5 Å². The first-order chi connectivity index (χ1) is 14.3. The molecule has 0 saturated carbocycles. The molecule has 0 atom stereocenters. The number of hydrogen-bond donors (Lipinski definition) is 2. The Labute approximate surface area is 170 Å². The van der Waals surface area contributed by atoms with Crippen LogP contribution in [0.1, 0.15) is 12.1 Å². The highest BCUT2D eigenvalue weighted by Crippen LogP contribution is 2.23. The van der Waals surface area contributed by atoms with Crippen molar-refractivity contribution in [3.8, 4) is 5.69 Å². The standard InChI is InChI=1S/C19H18N6O5/c1-13-12-18(23(22-13)14-6-8-15(9-7-14)24(27)28)21-19(26)10-11-20-16-4-2-3-5-17(16)25(29)30/h2-9,12,20H,10-11H2,1H3,(H,21,26). The zero-order chi connectivity index (χ0) is 21.7. The Morgan fingerprint density at radius 3 is 2.43 bits per heavy atom. The average molecular weight is 410 g/mol. The van der Waals surface area contributed by atoms with Crippen LogP contribution in [-0.4, -0.2) is 32.1 Å². The van der Waals surface area contributed by atoms with E-state index >= 15 is 0 Å². The quantitative estimate of drug-likeness (QED) is 0.427. The number of aromatic nitrogens is 2. The van der Waals surface area contributed by atoms with Gasteiger partial charge in [-0.2, -0.15) is 5.10 Å². The summed E-state index contributed by atoms with van der Waals surface area (Å²) in [5.74, 6) is 0.0983. The van der Waals surface area contributed by atoms with Crippen molar-refractivity contribution in [1.29, 1.82) is 0 Å². The number of nitro benzene ring substituents is 2. The maximum Gasteiger partial charge on any atom is 0.292 e. The van der Waals surface area contributed by atoms with Crippen LogP contribution < -0.4 is 10.6 Å². The number of carbonyl (C=O) groups is 1. The van der Waals surface area contributed by atoms with Gasteiger partial charge in [-0.05, 0) is 25.1 Å². The van der Waals surface area contributed by atoms with E-state index in [4.69, 9.17) is 0 Å². The van der Waals surface area contributed by atoms with E-state index in [1.807, 2.05) is 0 Å². The number of hydrogen-bond acceptors (Lipinski definition) is 7. The molecule has 154 valence electrons. The summed E-state index contributed by atoms with van der Waals surface area (Å²) in [4.78, 5) is 33.2. The van der Waals surface area contributed by atoms with E-state index < -0.39 is 9.85 Å². The molecule has 0 bridgehead atoms. The Balaban J connectivity index is 1.65. The first-order valence-corrected chi connectivity index (χ1v) is 8.94. The van der Waals surface area contributed by atoms with Gasteiger partial charge in [-0.15, -0.1) is 0 Å². The predicted molar refractivity (Wildman–Crippen MR) is 110 cm³/mol. The fourth-order valence-electron chi connectivity index (χ4n) is 2.80. The van der Waals surface area contributed by atoms with Gasteiger partial charge >= 0.3 is 0 Å². The number of rotatable bonds is 8. The molecule has 0 saturated heterocycles. The van der Waals surface area contributed by atoms with Crippen LogP contribution in [0.25, 0.3) is 5.69 Å². The molecule has 11 heteroatoms. The van der Waals surface area contributed by atoms with Gasteiger partial charge in [0.05, 0.1) is 21.2 Å². The Bertz CT molecular complexity index is 1090. The Hall–Kier alpha value is -4.28. The van der Waals surface area contributed by atoms with E-state index in [1.54, 1.807) is 31.2 Å². The normalized spacial score (nSPS) is 10.4. The molecule has 11 nitrogen and oxygen atoms in total. The van der Waals surface area contributed by atoms with Crippen LogP contribution in [-0.2, 0) is 4.79 Å². The lowest BCUT2D eigenvalue weighted by atomic mass is 10.2. The summed E-state index contributed by atoms with van der Waals surface area (Å²) in [6, 6.07) is 13.7. The molecule has 0 aliphatic carbocycles. The molecule has 2 N–H and O–H groups in total. The average Bonchev–Trinajstić information content (AvgIpc) is 3.08. The van der Waals surface area contributed by atoms with Crippen molar-refractivity contribution in [3.63, 3.8) is 0 Å². The van der Waals surface area contributed by atoms with E-state index in [0.29, 0.717) is 22.9 Å². The summed E-state index contributed by atoms with van der Waals surface area (Å²) < 4.78 is 1.48. The molecule has 30 heavy (non-hydrogen) atoms. The number of nitrogens with zero attached hydrogens (tertiary/aromatic N) is 4. The van der Waals surface area contributed by atoms with Gasteiger partial charge in [-0.25, -0.2) is 4.68 Å². The highest BCUT2D eigenvalue weighted by atomic mass is 16.6. The second-order valence-electron chi connectivity index (χ2n) is 6.36. The van der Waals surface area contributed by atoms with Gasteiger partial charge in [0.25, 0.3) is 11.4 Å². The van der Waals surface area contributed by atoms with Crippen LogP contribution >= 0.6 is 0 Å². The summed E-state index contributed by atoms with van der Waals surface area (Å²) >= 11 is 0. The topological polar surface area (TPSA) is 145 Å². The molecule has 1 aromatic heterocycles. The monoisotopic (exact) mass is 410 g/mol. The van der Waals surface area contributed by atoms with Crippen LogP contribution in [0.15, 0.2) is 54.6 Å². The van der Waals surface area contributed by atoms with Crippen molar-refractivity contribution in [2.75, 3.05) is 17.2 Å². The Kier molecular flexibility index (Phi) is 6.01. The second kappa shape index (κ2) is 8.82. The molecular formula is C19H18N6O5. The maximum atomic E-state index is 12.3. The number of para-hydroxylation sites is 2. The summed E-state index contributed by atoms with van der Waals surface area (Å²) in [6.07, 6.45) is 0.0660. The van der Waals surface area contributed by atoms with Gasteiger partial charge in [0.15, 0.2) is 0 Å². The number of amides is 1. The molecule has 0 aliphatic rings. The van der Waals surface area contributed by atoms with Gasteiger partial charge < -0.3 is 10.6 Å². The van der Waals surface area contributed by atoms with Gasteiger partial charge in [0.2, 0.25) is 5.91 Å². The van der Waals surface area contributed by atoms with E-state index in [-0.39, 0.29) is 30.2 Å². The fraction of sp³-hybridized carbons (Fsp3) is 0.158. The minimum absolute atomic E-state index is 0.0470. The minimum Gasteiger partial charge on any atom is -0.379 e. The van der Waals surface area contributed by atoms with E-state index in [2.05, 4.69) is 15.7 Å². The highest BCUT2D eigenvalue weighted by Gasteiger charge is 2.14. The molecule has 1 heterocycles. The van der Waals surface area contributed by atoms with Crippen molar-refractivity contribution in [2.24, 2.45) is 0 Å². The predicted octanol–water partition coefficient (Wildman–Crippen LogP) is 3.44. The summed E-state index contributed by atoms with van der Waals surface area (Å²) in [5, 5.41) is 31.8. The zero-order valence-corrected chi connectivity index (χ0v) is 15.9. The van der Waals surface area contributed by atoms with Gasteiger partial charge in [0.1, 0.15) is 11.5 Å². The smallest absolute Gasteiger partial charge is 0.292 e. The molecule has 0 spiro atoms. The number of carbonyl (C=O) groups excluding carboxylic acids is 1. The van der Waals surface area contributed by atoms with E-state index in [9.17, 15) is 25.0 Å². The molecule has 0 fully saturated rings. The molecule has 0 aliphatic heterocycles. The number of nitro groups is 2. The summed E-state index contributed by atoms with van der Waals surface area (Å²) in [5.41, 5.74) is 1.44. The lowest BCUT2D eigenvalue weighted by Crippen LogP contribution is -2.18. The van der Waals surface area contributed by atoms with E-state index in [1.165, 1.54) is 35.0 Å². The molecule has 2 aromatic carbocycles.